The van der Waals surface area contributed by atoms with Crippen LogP contribution >= 0.6 is 27.3 Å². The number of sulfonamides is 1. The van der Waals surface area contributed by atoms with Crippen molar-refractivity contribution in [3.8, 4) is 0 Å². The lowest BCUT2D eigenvalue weighted by atomic mass is 10.3. The van der Waals surface area contributed by atoms with Crippen molar-refractivity contribution >= 4 is 48.9 Å². The molecule has 1 heterocycles. The zero-order valence-electron chi connectivity index (χ0n) is 11.3. The lowest BCUT2D eigenvalue weighted by Gasteiger charge is -2.07. The van der Waals surface area contributed by atoms with Crippen LogP contribution in [-0.4, -0.2) is 21.4 Å². The first-order valence-corrected chi connectivity index (χ1v) is 9.03. The first kappa shape index (κ1) is 16.0. The van der Waals surface area contributed by atoms with Gasteiger partial charge in [-0.3, -0.25) is 9.52 Å². The Bertz CT molecular complexity index is 767. The minimum Gasteiger partial charge on any atom is -0.354 e. The highest BCUT2D eigenvalue weighted by atomic mass is 79.9. The fraction of sp³-hybridized carbons (Fsp3) is 0.154. The number of anilines is 1. The molecule has 0 atom stereocenters. The van der Waals surface area contributed by atoms with E-state index >= 15 is 0 Å². The van der Waals surface area contributed by atoms with Crippen LogP contribution < -0.4 is 10.0 Å². The summed E-state index contributed by atoms with van der Waals surface area (Å²) in [5.41, 5.74) is 0.463. The molecule has 0 fully saturated rings. The van der Waals surface area contributed by atoms with Crippen molar-refractivity contribution in [3.63, 3.8) is 0 Å². The molecule has 8 heteroatoms. The van der Waals surface area contributed by atoms with E-state index in [0.717, 1.165) is 15.8 Å². The molecule has 0 saturated heterocycles. The van der Waals surface area contributed by atoms with E-state index in [4.69, 9.17) is 0 Å². The van der Waals surface area contributed by atoms with Gasteiger partial charge in [0.15, 0.2) is 0 Å². The van der Waals surface area contributed by atoms with Crippen LogP contribution in [0.5, 0.6) is 0 Å². The second kappa shape index (κ2) is 6.17. The van der Waals surface area contributed by atoms with E-state index in [2.05, 4.69) is 26.0 Å². The van der Waals surface area contributed by atoms with E-state index in [1.807, 2.05) is 0 Å². The molecule has 2 aromatic rings. The van der Waals surface area contributed by atoms with Crippen LogP contribution in [0, 0.1) is 6.92 Å². The topological polar surface area (TPSA) is 75.3 Å². The number of hydrogen-bond acceptors (Lipinski definition) is 4. The third-order valence-corrected chi connectivity index (χ3v) is 5.92. The van der Waals surface area contributed by atoms with Crippen molar-refractivity contribution in [2.45, 2.75) is 11.8 Å². The summed E-state index contributed by atoms with van der Waals surface area (Å²) in [5.74, 6) is -0.298. The maximum atomic E-state index is 12.4. The van der Waals surface area contributed by atoms with E-state index in [0.29, 0.717) is 15.4 Å². The van der Waals surface area contributed by atoms with E-state index in [1.54, 1.807) is 31.2 Å². The standard InChI is InChI=1S/C13H13BrN2O3S2/c1-8-12(7-11(20-8)13(17)15-2)21(18,19)16-10-5-3-9(14)4-6-10/h3-7,16H,1-2H3,(H,15,17). The number of aryl methyl sites for hydroxylation is 1. The van der Waals surface area contributed by atoms with Gasteiger partial charge in [0.1, 0.15) is 4.90 Å². The van der Waals surface area contributed by atoms with Gasteiger partial charge in [-0.2, -0.15) is 0 Å². The number of amides is 1. The Labute approximate surface area is 135 Å². The molecule has 2 N–H and O–H groups in total. The average Bonchev–Trinajstić information content (AvgIpc) is 2.83. The number of nitrogens with one attached hydrogen (secondary N) is 2. The summed E-state index contributed by atoms with van der Waals surface area (Å²) in [5, 5.41) is 2.48. The largest absolute Gasteiger partial charge is 0.354 e. The fourth-order valence-corrected chi connectivity index (χ4v) is 4.56. The zero-order chi connectivity index (χ0) is 15.6. The Kier molecular flexibility index (Phi) is 4.70. The Balaban J connectivity index is 2.33. The number of thiophene rings is 1. The summed E-state index contributed by atoms with van der Waals surface area (Å²) in [7, 11) is -2.21. The van der Waals surface area contributed by atoms with Crippen molar-refractivity contribution in [2.24, 2.45) is 0 Å². The molecule has 0 aliphatic rings. The Morgan fingerprint density at radius 2 is 1.86 bits per heavy atom. The van der Waals surface area contributed by atoms with Crippen molar-refractivity contribution in [1.82, 2.24) is 5.32 Å². The van der Waals surface area contributed by atoms with Gasteiger partial charge in [0.2, 0.25) is 0 Å². The summed E-state index contributed by atoms with van der Waals surface area (Å²) in [4.78, 5) is 12.6. The molecule has 1 aromatic heterocycles. The quantitative estimate of drug-likeness (QED) is 0.844. The minimum absolute atomic E-state index is 0.119. The number of carbonyl (C=O) groups is 1. The predicted octanol–water partition coefficient (Wildman–Crippen LogP) is 2.98. The number of benzene rings is 1. The highest BCUT2D eigenvalue weighted by Gasteiger charge is 2.22. The third kappa shape index (κ3) is 3.63. The number of carbonyl (C=O) groups excluding carboxylic acids is 1. The first-order chi connectivity index (χ1) is 9.83. The summed E-state index contributed by atoms with van der Waals surface area (Å²) in [6, 6.07) is 8.19. The number of hydrogen-bond donors (Lipinski definition) is 2. The molecule has 21 heavy (non-hydrogen) atoms. The molecule has 5 nitrogen and oxygen atoms in total. The highest BCUT2D eigenvalue weighted by Crippen LogP contribution is 2.27. The average molecular weight is 389 g/mol. The maximum Gasteiger partial charge on any atom is 0.263 e. The molecular weight excluding hydrogens is 376 g/mol. The first-order valence-electron chi connectivity index (χ1n) is 5.94. The van der Waals surface area contributed by atoms with Gasteiger partial charge in [-0.25, -0.2) is 8.42 Å². The predicted molar refractivity (Wildman–Crippen MR) is 87.4 cm³/mol. The molecule has 0 aliphatic carbocycles. The van der Waals surface area contributed by atoms with E-state index in [-0.39, 0.29) is 10.8 Å². The zero-order valence-corrected chi connectivity index (χ0v) is 14.5. The van der Waals surface area contributed by atoms with Crippen molar-refractivity contribution < 1.29 is 13.2 Å². The molecule has 1 aromatic carbocycles. The van der Waals surface area contributed by atoms with Gasteiger partial charge < -0.3 is 5.32 Å². The van der Waals surface area contributed by atoms with Gasteiger partial charge in [-0.05, 0) is 37.3 Å². The molecule has 0 saturated carbocycles. The lowest BCUT2D eigenvalue weighted by Crippen LogP contribution is -2.16. The monoisotopic (exact) mass is 388 g/mol. The molecule has 1 amide bonds. The Hall–Kier alpha value is -1.38. The lowest BCUT2D eigenvalue weighted by molar-refractivity contribution is 0.0967. The van der Waals surface area contributed by atoms with Crippen LogP contribution in [0.1, 0.15) is 14.5 Å². The Morgan fingerprint density at radius 1 is 1.24 bits per heavy atom. The van der Waals surface area contributed by atoms with Crippen LogP contribution in [0.2, 0.25) is 0 Å². The van der Waals surface area contributed by atoms with Crippen LogP contribution in [0.15, 0.2) is 39.7 Å². The van der Waals surface area contributed by atoms with Crippen molar-refractivity contribution in [2.75, 3.05) is 11.8 Å². The molecule has 0 unspecified atom stereocenters. The van der Waals surface area contributed by atoms with Gasteiger partial charge in [-0.1, -0.05) is 15.9 Å². The molecule has 0 radical (unpaired) electrons. The summed E-state index contributed by atoms with van der Waals surface area (Å²) >= 11 is 4.44. The second-order valence-electron chi connectivity index (χ2n) is 4.22. The smallest absolute Gasteiger partial charge is 0.263 e. The normalized spacial score (nSPS) is 11.2. The maximum absolute atomic E-state index is 12.4. The van der Waals surface area contributed by atoms with Crippen LogP contribution in [0.4, 0.5) is 5.69 Å². The number of rotatable bonds is 4. The van der Waals surface area contributed by atoms with Gasteiger partial charge in [0.25, 0.3) is 15.9 Å². The summed E-state index contributed by atoms with van der Waals surface area (Å²) in [6.07, 6.45) is 0. The van der Waals surface area contributed by atoms with Crippen molar-refractivity contribution in [1.29, 1.82) is 0 Å². The van der Waals surface area contributed by atoms with Crippen LogP contribution in [-0.2, 0) is 10.0 Å². The van der Waals surface area contributed by atoms with E-state index in [1.165, 1.54) is 13.1 Å². The highest BCUT2D eigenvalue weighted by molar-refractivity contribution is 9.10. The van der Waals surface area contributed by atoms with Gasteiger partial charge >= 0.3 is 0 Å². The SMILES string of the molecule is CNC(=O)c1cc(S(=O)(=O)Nc2ccc(Br)cc2)c(C)s1. The van der Waals surface area contributed by atoms with E-state index in [9.17, 15) is 13.2 Å². The second-order valence-corrected chi connectivity index (χ2v) is 8.05. The molecule has 0 bridgehead atoms. The molecule has 112 valence electrons. The van der Waals surface area contributed by atoms with Gasteiger partial charge in [0.05, 0.1) is 4.88 Å². The Morgan fingerprint density at radius 3 is 2.43 bits per heavy atom. The molecular formula is C13H13BrN2O3S2. The fourth-order valence-electron chi connectivity index (χ4n) is 1.70. The number of halogens is 1. The summed E-state index contributed by atoms with van der Waals surface area (Å²) in [6.45, 7) is 1.67. The third-order valence-electron chi connectivity index (χ3n) is 2.71. The van der Waals surface area contributed by atoms with Crippen LogP contribution in [0.25, 0.3) is 0 Å². The van der Waals surface area contributed by atoms with E-state index < -0.39 is 10.0 Å². The summed E-state index contributed by atoms with van der Waals surface area (Å²) < 4.78 is 28.1. The minimum atomic E-state index is -3.71. The van der Waals surface area contributed by atoms with Crippen molar-refractivity contribution in [3.05, 3.63) is 44.6 Å². The van der Waals surface area contributed by atoms with Crippen LogP contribution in [0.3, 0.4) is 0 Å². The van der Waals surface area contributed by atoms with Gasteiger partial charge in [-0.15, -0.1) is 11.3 Å². The molecule has 2 rings (SSSR count). The molecule has 0 spiro atoms. The van der Waals surface area contributed by atoms with Gasteiger partial charge in [0, 0.05) is 22.1 Å². The molecule has 0 aliphatic heterocycles.